The second-order valence-electron chi connectivity index (χ2n) is 6.78. The van der Waals surface area contributed by atoms with Crippen molar-refractivity contribution in [3.8, 4) is 5.75 Å². The van der Waals surface area contributed by atoms with Gasteiger partial charge < -0.3 is 10.1 Å². The Labute approximate surface area is 169 Å². The maximum Gasteiger partial charge on any atom is 0.124 e. The van der Waals surface area contributed by atoms with Crippen LogP contribution >= 0.6 is 27.5 Å². The second-order valence-corrected chi connectivity index (χ2v) is 8.13. The third kappa shape index (κ3) is 5.71. The van der Waals surface area contributed by atoms with Gasteiger partial charge in [-0.3, -0.25) is 4.90 Å². The molecule has 3 rings (SSSR count). The molecule has 0 amide bonds. The van der Waals surface area contributed by atoms with E-state index in [9.17, 15) is 0 Å². The highest BCUT2D eigenvalue weighted by molar-refractivity contribution is 9.10. The van der Waals surface area contributed by atoms with E-state index in [1.165, 1.54) is 18.4 Å². The van der Waals surface area contributed by atoms with Gasteiger partial charge in [0.25, 0.3) is 0 Å². The highest BCUT2D eigenvalue weighted by Gasteiger charge is 2.19. The van der Waals surface area contributed by atoms with Gasteiger partial charge in [0.1, 0.15) is 12.4 Å². The summed E-state index contributed by atoms with van der Waals surface area (Å²) in [4.78, 5) is 2.52. The quantitative estimate of drug-likeness (QED) is 0.640. The molecule has 0 unspecified atom stereocenters. The highest BCUT2D eigenvalue weighted by Crippen LogP contribution is 2.27. The second kappa shape index (κ2) is 9.75. The number of ether oxygens (including phenoxy) is 1. The first kappa shape index (κ1) is 19.7. The lowest BCUT2D eigenvalue weighted by Crippen LogP contribution is -2.42. The summed E-state index contributed by atoms with van der Waals surface area (Å²) in [5.41, 5.74) is 2.35. The summed E-state index contributed by atoms with van der Waals surface area (Å²) in [6.07, 6.45) is 2.42. The number of hydrogen-bond donors (Lipinski definition) is 1. The van der Waals surface area contributed by atoms with Crippen LogP contribution in [0.25, 0.3) is 0 Å². The van der Waals surface area contributed by atoms with Crippen molar-refractivity contribution in [1.82, 2.24) is 10.2 Å². The number of hydrogen-bond acceptors (Lipinski definition) is 3. The molecule has 1 saturated heterocycles. The molecule has 0 aromatic heterocycles. The Bertz CT molecular complexity index is 700. The number of piperidine rings is 1. The van der Waals surface area contributed by atoms with Crippen molar-refractivity contribution in [2.45, 2.75) is 39.0 Å². The Morgan fingerprint density at radius 3 is 2.58 bits per heavy atom. The van der Waals surface area contributed by atoms with Gasteiger partial charge in [-0.2, -0.15) is 0 Å². The molecule has 1 heterocycles. The van der Waals surface area contributed by atoms with Gasteiger partial charge in [-0.05, 0) is 68.4 Å². The van der Waals surface area contributed by atoms with Crippen molar-refractivity contribution in [1.29, 1.82) is 0 Å². The summed E-state index contributed by atoms with van der Waals surface area (Å²) in [5.74, 6) is 0.956. The summed E-state index contributed by atoms with van der Waals surface area (Å²) in [5, 5.41) is 4.31. The summed E-state index contributed by atoms with van der Waals surface area (Å²) in [7, 11) is 0. The molecular formula is C21H26BrClN2O. The normalized spacial score (nSPS) is 16.0. The third-order valence-corrected chi connectivity index (χ3v) is 5.55. The predicted octanol–water partition coefficient (Wildman–Crippen LogP) is 5.26. The van der Waals surface area contributed by atoms with E-state index in [-0.39, 0.29) is 0 Å². The molecule has 2 aromatic carbocycles. The Morgan fingerprint density at radius 1 is 1.15 bits per heavy atom. The van der Waals surface area contributed by atoms with Gasteiger partial charge in [-0.15, -0.1) is 0 Å². The van der Waals surface area contributed by atoms with Gasteiger partial charge in [-0.25, -0.2) is 0 Å². The topological polar surface area (TPSA) is 24.5 Å². The molecule has 1 N–H and O–H groups in total. The molecule has 2 aromatic rings. The number of rotatable bonds is 7. The molecule has 1 aliphatic heterocycles. The Morgan fingerprint density at radius 2 is 1.88 bits per heavy atom. The van der Waals surface area contributed by atoms with Crippen LogP contribution in [0.15, 0.2) is 46.9 Å². The summed E-state index contributed by atoms with van der Waals surface area (Å²) in [6, 6.07) is 14.7. The molecule has 0 aliphatic carbocycles. The van der Waals surface area contributed by atoms with E-state index in [4.69, 9.17) is 16.3 Å². The molecule has 0 atom stereocenters. The van der Waals surface area contributed by atoms with E-state index < -0.39 is 0 Å². The van der Waals surface area contributed by atoms with Crippen molar-refractivity contribution >= 4 is 27.5 Å². The summed E-state index contributed by atoms with van der Waals surface area (Å²) < 4.78 is 7.21. The first-order valence-corrected chi connectivity index (χ1v) is 10.4. The van der Waals surface area contributed by atoms with Gasteiger partial charge in [0, 0.05) is 27.6 Å². The average Bonchev–Trinajstić information content (AvgIpc) is 2.64. The van der Waals surface area contributed by atoms with Crippen LogP contribution in [0.5, 0.6) is 5.75 Å². The molecule has 1 fully saturated rings. The minimum Gasteiger partial charge on any atom is -0.489 e. The van der Waals surface area contributed by atoms with Crippen molar-refractivity contribution in [2.24, 2.45) is 0 Å². The number of nitrogens with zero attached hydrogens (tertiary/aromatic N) is 1. The van der Waals surface area contributed by atoms with E-state index in [0.717, 1.165) is 47.0 Å². The first-order chi connectivity index (χ1) is 12.6. The lowest BCUT2D eigenvalue weighted by atomic mass is 10.0. The van der Waals surface area contributed by atoms with E-state index in [1.54, 1.807) is 0 Å². The maximum atomic E-state index is 6.12. The molecule has 0 spiro atoms. The molecule has 0 radical (unpaired) electrons. The van der Waals surface area contributed by atoms with Gasteiger partial charge in [-0.1, -0.05) is 46.6 Å². The number of halogens is 2. The lowest BCUT2D eigenvalue weighted by Gasteiger charge is -2.32. The monoisotopic (exact) mass is 436 g/mol. The van der Waals surface area contributed by atoms with Crippen LogP contribution in [-0.4, -0.2) is 30.6 Å². The van der Waals surface area contributed by atoms with E-state index >= 15 is 0 Å². The van der Waals surface area contributed by atoms with Crippen molar-refractivity contribution in [3.63, 3.8) is 0 Å². The van der Waals surface area contributed by atoms with Gasteiger partial charge >= 0.3 is 0 Å². The van der Waals surface area contributed by atoms with Crippen LogP contribution in [0, 0.1) is 0 Å². The van der Waals surface area contributed by atoms with Crippen molar-refractivity contribution in [2.75, 3.05) is 19.6 Å². The maximum absolute atomic E-state index is 6.12. The molecule has 140 valence electrons. The fraction of sp³-hybridized carbons (Fsp3) is 0.429. The van der Waals surface area contributed by atoms with Crippen molar-refractivity contribution < 1.29 is 4.74 Å². The standard InChI is InChI=1S/C21H26BrClN2O/c1-2-24-20-9-11-25(12-10-20)14-17-13-18(22)5-8-21(17)26-15-16-3-6-19(23)7-4-16/h3-8,13,20,24H,2,9-12,14-15H2,1H3. The molecule has 1 aliphatic rings. The average molecular weight is 438 g/mol. The molecular weight excluding hydrogens is 412 g/mol. The zero-order valence-electron chi connectivity index (χ0n) is 15.2. The predicted molar refractivity (Wildman–Crippen MR) is 112 cm³/mol. The molecule has 0 saturated carbocycles. The van der Waals surface area contributed by atoms with E-state index in [2.05, 4.69) is 45.2 Å². The Balaban J connectivity index is 1.61. The van der Waals surface area contributed by atoms with E-state index in [1.807, 2.05) is 30.3 Å². The van der Waals surface area contributed by atoms with Crippen LogP contribution in [0.3, 0.4) is 0 Å². The zero-order valence-corrected chi connectivity index (χ0v) is 17.5. The van der Waals surface area contributed by atoms with Crippen LogP contribution in [0.1, 0.15) is 30.9 Å². The number of nitrogens with one attached hydrogen (secondary N) is 1. The highest BCUT2D eigenvalue weighted by atomic mass is 79.9. The lowest BCUT2D eigenvalue weighted by molar-refractivity contribution is 0.188. The van der Waals surface area contributed by atoms with Crippen LogP contribution in [0.4, 0.5) is 0 Å². The van der Waals surface area contributed by atoms with Gasteiger partial charge in [0.2, 0.25) is 0 Å². The largest absolute Gasteiger partial charge is 0.489 e. The molecule has 0 bridgehead atoms. The SMILES string of the molecule is CCNC1CCN(Cc2cc(Br)ccc2OCc2ccc(Cl)cc2)CC1. The minimum atomic E-state index is 0.550. The van der Waals surface area contributed by atoms with Crippen LogP contribution in [-0.2, 0) is 13.2 Å². The number of likely N-dealkylation sites (tertiary alicyclic amines) is 1. The summed E-state index contributed by atoms with van der Waals surface area (Å²) in [6.45, 7) is 6.96. The first-order valence-electron chi connectivity index (χ1n) is 9.25. The third-order valence-electron chi connectivity index (χ3n) is 4.80. The smallest absolute Gasteiger partial charge is 0.124 e. The minimum absolute atomic E-state index is 0.550. The van der Waals surface area contributed by atoms with Crippen LogP contribution < -0.4 is 10.1 Å². The zero-order chi connectivity index (χ0) is 18.4. The fourth-order valence-corrected chi connectivity index (χ4v) is 3.91. The van der Waals surface area contributed by atoms with E-state index in [0.29, 0.717) is 12.6 Å². The fourth-order valence-electron chi connectivity index (χ4n) is 3.38. The molecule has 3 nitrogen and oxygen atoms in total. The summed E-state index contributed by atoms with van der Waals surface area (Å²) >= 11 is 9.55. The van der Waals surface area contributed by atoms with Crippen molar-refractivity contribution in [3.05, 3.63) is 63.1 Å². The number of benzene rings is 2. The van der Waals surface area contributed by atoms with Gasteiger partial charge in [0.15, 0.2) is 0 Å². The molecule has 26 heavy (non-hydrogen) atoms. The Hall–Kier alpha value is -1.07. The molecule has 5 heteroatoms. The Kier molecular flexibility index (Phi) is 7.38. The van der Waals surface area contributed by atoms with Crippen LogP contribution in [0.2, 0.25) is 5.02 Å². The van der Waals surface area contributed by atoms with Gasteiger partial charge in [0.05, 0.1) is 0 Å².